The van der Waals surface area contributed by atoms with Crippen molar-refractivity contribution < 1.29 is 19.4 Å². The van der Waals surface area contributed by atoms with Crippen LogP contribution in [0.15, 0.2) is 71.3 Å². The Morgan fingerprint density at radius 2 is 1.90 bits per heavy atom. The standard InChI is InChI=1S/C29H33N5O4S2/c1-19(29(37)32-17-22-16-31-20(2)33-28(22)30)25(14-15-35)39-40-27-13-12-26(36)34(27)18-21-8-10-24(11-9-21)38-23-6-4-3-5-7-23/h3-11,16,27,35H,12-15,17-18H2,1-2H3,(H,32,37)(H2,30,31,33)/b25-19-. The molecule has 0 spiro atoms. The number of aryl methyl sites for hydroxylation is 1. The molecule has 4 rings (SSSR count). The number of carbonyl (C=O) groups excluding carboxylic acids is 2. The monoisotopic (exact) mass is 579 g/mol. The van der Waals surface area contributed by atoms with Crippen LogP contribution in [0, 0.1) is 6.92 Å². The molecule has 0 saturated carbocycles. The first kappa shape index (κ1) is 29.4. The maximum Gasteiger partial charge on any atom is 0.248 e. The molecule has 0 radical (unpaired) electrons. The molecule has 1 fully saturated rings. The smallest absolute Gasteiger partial charge is 0.248 e. The van der Waals surface area contributed by atoms with Gasteiger partial charge in [0.15, 0.2) is 0 Å². The van der Waals surface area contributed by atoms with Crippen molar-refractivity contribution in [3.63, 3.8) is 0 Å². The Kier molecular flexibility index (Phi) is 10.5. The van der Waals surface area contributed by atoms with Crippen LogP contribution in [-0.4, -0.2) is 43.8 Å². The lowest BCUT2D eigenvalue weighted by Crippen LogP contribution is -2.30. The summed E-state index contributed by atoms with van der Waals surface area (Å²) in [6.07, 6.45) is 3.14. The van der Waals surface area contributed by atoms with Gasteiger partial charge in [-0.15, -0.1) is 0 Å². The minimum Gasteiger partial charge on any atom is -0.457 e. The molecule has 1 aromatic heterocycles. The quantitative estimate of drug-likeness (QED) is 0.201. The summed E-state index contributed by atoms with van der Waals surface area (Å²) >= 11 is 0. The molecule has 1 aliphatic heterocycles. The lowest BCUT2D eigenvalue weighted by molar-refractivity contribution is -0.128. The van der Waals surface area contributed by atoms with E-state index in [1.165, 1.54) is 10.8 Å². The second-order valence-electron chi connectivity index (χ2n) is 9.29. The number of aliphatic hydroxyl groups is 1. The van der Waals surface area contributed by atoms with Crippen molar-refractivity contribution in [2.75, 3.05) is 12.3 Å². The number of hydrogen-bond acceptors (Lipinski definition) is 9. The molecule has 1 saturated heterocycles. The van der Waals surface area contributed by atoms with Crippen LogP contribution in [0.3, 0.4) is 0 Å². The fraction of sp³-hybridized carbons (Fsp3) is 0.310. The number of aliphatic hydroxyl groups excluding tert-OH is 1. The van der Waals surface area contributed by atoms with Crippen molar-refractivity contribution in [2.24, 2.45) is 0 Å². The second kappa shape index (κ2) is 14.2. The van der Waals surface area contributed by atoms with Crippen molar-refractivity contribution in [2.45, 2.75) is 51.6 Å². The molecule has 210 valence electrons. The van der Waals surface area contributed by atoms with Crippen LogP contribution < -0.4 is 15.8 Å². The number of anilines is 1. The molecule has 0 bridgehead atoms. The molecule has 2 amide bonds. The first-order valence-corrected chi connectivity index (χ1v) is 15.2. The average molecular weight is 580 g/mol. The van der Waals surface area contributed by atoms with Crippen molar-refractivity contribution in [3.05, 3.63) is 88.2 Å². The highest BCUT2D eigenvalue weighted by Crippen LogP contribution is 2.42. The minimum atomic E-state index is -0.256. The number of rotatable bonds is 12. The van der Waals surface area contributed by atoms with Gasteiger partial charge in [-0.25, -0.2) is 9.97 Å². The zero-order chi connectivity index (χ0) is 28.5. The molecular weight excluding hydrogens is 546 g/mol. The summed E-state index contributed by atoms with van der Waals surface area (Å²) in [5.74, 6) is 2.24. The predicted octanol–water partition coefficient (Wildman–Crippen LogP) is 4.96. The summed E-state index contributed by atoms with van der Waals surface area (Å²) in [5, 5.41) is 12.4. The topological polar surface area (TPSA) is 131 Å². The molecule has 0 aliphatic carbocycles. The van der Waals surface area contributed by atoms with E-state index in [-0.39, 0.29) is 30.3 Å². The third kappa shape index (κ3) is 8.00. The number of nitrogens with one attached hydrogen (secondary N) is 1. The Morgan fingerprint density at radius 1 is 1.18 bits per heavy atom. The number of aromatic nitrogens is 2. The number of nitrogens with two attached hydrogens (primary N) is 1. The SMILES string of the molecule is C/C(C(=O)NCc1cnc(C)nc1N)=C(\CCO)SSC1CCC(=O)N1Cc1ccc(Oc2ccccc2)cc1. The first-order chi connectivity index (χ1) is 19.3. The number of hydrogen-bond donors (Lipinski definition) is 3. The molecule has 1 unspecified atom stereocenters. The van der Waals surface area contributed by atoms with Crippen LogP contribution in [0.2, 0.25) is 0 Å². The van der Waals surface area contributed by atoms with Gasteiger partial charge in [-0.2, -0.15) is 0 Å². The van der Waals surface area contributed by atoms with Crippen LogP contribution in [0.25, 0.3) is 0 Å². The van der Waals surface area contributed by atoms with Crippen LogP contribution in [0.4, 0.5) is 5.82 Å². The average Bonchev–Trinajstić information content (AvgIpc) is 3.30. The Bertz CT molecular complexity index is 1350. The van der Waals surface area contributed by atoms with Crippen molar-refractivity contribution in [3.8, 4) is 11.5 Å². The van der Waals surface area contributed by atoms with E-state index in [0.29, 0.717) is 42.2 Å². The van der Waals surface area contributed by atoms with Crippen LogP contribution in [0.5, 0.6) is 11.5 Å². The van der Waals surface area contributed by atoms with Gasteiger partial charge in [0.25, 0.3) is 0 Å². The molecule has 1 aliphatic rings. The normalized spacial score (nSPS) is 15.6. The Balaban J connectivity index is 1.35. The van der Waals surface area contributed by atoms with Gasteiger partial charge in [-0.3, -0.25) is 9.59 Å². The highest BCUT2D eigenvalue weighted by Gasteiger charge is 2.32. The number of ether oxygens (including phenoxy) is 1. The molecular formula is C29H33N5O4S2. The van der Waals surface area contributed by atoms with E-state index in [4.69, 9.17) is 10.5 Å². The summed E-state index contributed by atoms with van der Waals surface area (Å²) in [6.45, 7) is 4.09. The van der Waals surface area contributed by atoms with Gasteiger partial charge in [0.2, 0.25) is 11.8 Å². The van der Waals surface area contributed by atoms with Gasteiger partial charge >= 0.3 is 0 Å². The number of amides is 2. The second-order valence-corrected chi connectivity index (χ2v) is 11.8. The molecule has 40 heavy (non-hydrogen) atoms. The predicted molar refractivity (Wildman–Crippen MR) is 159 cm³/mol. The molecule has 3 aromatic rings. The number of nitrogen functional groups attached to an aromatic ring is 1. The minimum absolute atomic E-state index is 0.0493. The molecule has 4 N–H and O–H groups in total. The number of carbonyl (C=O) groups is 2. The summed E-state index contributed by atoms with van der Waals surface area (Å²) in [7, 11) is 2.98. The maximum absolute atomic E-state index is 12.9. The maximum atomic E-state index is 12.9. The van der Waals surface area contributed by atoms with E-state index in [9.17, 15) is 14.7 Å². The molecule has 9 nitrogen and oxygen atoms in total. The summed E-state index contributed by atoms with van der Waals surface area (Å²) in [4.78, 5) is 36.5. The fourth-order valence-electron chi connectivity index (χ4n) is 4.07. The van der Waals surface area contributed by atoms with Crippen LogP contribution >= 0.6 is 21.6 Å². The van der Waals surface area contributed by atoms with E-state index in [1.54, 1.807) is 30.8 Å². The van der Waals surface area contributed by atoms with Gasteiger partial charge in [0.1, 0.15) is 23.1 Å². The first-order valence-electron chi connectivity index (χ1n) is 13.0. The van der Waals surface area contributed by atoms with Crippen molar-refractivity contribution >= 4 is 39.2 Å². The van der Waals surface area contributed by atoms with Crippen LogP contribution in [-0.2, 0) is 22.7 Å². The number of nitrogens with zero attached hydrogens (tertiary/aromatic N) is 3. The van der Waals surface area contributed by atoms with Crippen molar-refractivity contribution in [1.29, 1.82) is 0 Å². The van der Waals surface area contributed by atoms with Crippen molar-refractivity contribution in [1.82, 2.24) is 20.2 Å². The number of benzene rings is 2. The van der Waals surface area contributed by atoms with Gasteiger partial charge in [0.05, 0.1) is 5.37 Å². The van der Waals surface area contributed by atoms with E-state index < -0.39 is 0 Å². The number of likely N-dealkylation sites (tertiary alicyclic amines) is 1. The lowest BCUT2D eigenvalue weighted by Gasteiger charge is -2.24. The van der Waals surface area contributed by atoms with E-state index in [1.807, 2.05) is 59.5 Å². The van der Waals surface area contributed by atoms with Crippen LogP contribution in [0.1, 0.15) is 43.1 Å². The summed E-state index contributed by atoms with van der Waals surface area (Å²) in [5.41, 5.74) is 8.09. The van der Waals surface area contributed by atoms with E-state index >= 15 is 0 Å². The van der Waals surface area contributed by atoms with Gasteiger partial charge in [-0.1, -0.05) is 51.9 Å². The van der Waals surface area contributed by atoms with E-state index in [2.05, 4.69) is 15.3 Å². The highest BCUT2D eigenvalue weighted by atomic mass is 33.1. The summed E-state index contributed by atoms with van der Waals surface area (Å²) in [6, 6.07) is 17.3. The molecule has 1 atom stereocenters. The van der Waals surface area contributed by atoms with Gasteiger partial charge < -0.3 is 25.8 Å². The van der Waals surface area contributed by atoms with Gasteiger partial charge in [-0.05, 0) is 50.1 Å². The molecule has 2 heterocycles. The Labute approximate surface area is 242 Å². The fourth-order valence-corrected chi connectivity index (χ4v) is 7.11. The zero-order valence-electron chi connectivity index (χ0n) is 22.5. The van der Waals surface area contributed by atoms with E-state index in [0.717, 1.165) is 28.4 Å². The highest BCUT2D eigenvalue weighted by molar-refractivity contribution is 8.78. The third-order valence-corrected chi connectivity index (χ3v) is 9.42. The summed E-state index contributed by atoms with van der Waals surface area (Å²) < 4.78 is 5.87. The number of para-hydroxylation sites is 1. The zero-order valence-corrected chi connectivity index (χ0v) is 24.1. The third-order valence-electron chi connectivity index (χ3n) is 6.34. The largest absolute Gasteiger partial charge is 0.457 e. The lowest BCUT2D eigenvalue weighted by atomic mass is 10.2. The Hall–Kier alpha value is -3.54. The molecule has 2 aromatic carbocycles. The molecule has 11 heteroatoms. The van der Waals surface area contributed by atoms with Gasteiger partial charge in [0, 0.05) is 54.8 Å². The Morgan fingerprint density at radius 3 is 2.60 bits per heavy atom.